The largest absolute Gasteiger partial charge is 0.508 e. The Labute approximate surface area is 153 Å². The van der Waals surface area contributed by atoms with Crippen LogP contribution in [0.3, 0.4) is 0 Å². The Morgan fingerprint density at radius 2 is 1.77 bits per heavy atom. The minimum atomic E-state index is -3.64. The molecule has 0 heterocycles. The van der Waals surface area contributed by atoms with Crippen molar-refractivity contribution in [1.29, 1.82) is 0 Å². The van der Waals surface area contributed by atoms with E-state index in [1.54, 1.807) is 36.4 Å². The van der Waals surface area contributed by atoms with E-state index in [0.717, 1.165) is 16.3 Å². The van der Waals surface area contributed by atoms with Crippen LogP contribution < -0.4 is 4.72 Å². The minimum absolute atomic E-state index is 0.112. The lowest BCUT2D eigenvalue weighted by molar-refractivity contribution is 0.466. The SMILES string of the molecule is C=C[C@@H](CNS(=O)(=O)c1ccc(C)cc1)c1c(O)ccc2ccccc12. The Kier molecular flexibility index (Phi) is 5.11. The van der Waals surface area contributed by atoms with Gasteiger partial charge in [-0.2, -0.15) is 0 Å². The fourth-order valence-corrected chi connectivity index (χ4v) is 4.04. The number of benzene rings is 3. The number of aryl methyl sites for hydroxylation is 1. The summed E-state index contributed by atoms with van der Waals surface area (Å²) in [7, 11) is -3.64. The molecule has 0 amide bonds. The summed E-state index contributed by atoms with van der Waals surface area (Å²) in [4.78, 5) is 0.216. The molecule has 0 saturated heterocycles. The van der Waals surface area contributed by atoms with E-state index in [4.69, 9.17) is 0 Å². The molecule has 0 aromatic heterocycles. The van der Waals surface area contributed by atoms with E-state index in [-0.39, 0.29) is 23.1 Å². The fraction of sp³-hybridized carbons (Fsp3) is 0.143. The number of fused-ring (bicyclic) bond motifs is 1. The molecule has 3 rings (SSSR count). The molecule has 2 N–H and O–H groups in total. The third kappa shape index (κ3) is 3.64. The maximum atomic E-state index is 12.5. The van der Waals surface area contributed by atoms with Crippen LogP contribution in [0.4, 0.5) is 0 Å². The van der Waals surface area contributed by atoms with Gasteiger partial charge in [0.25, 0.3) is 0 Å². The van der Waals surface area contributed by atoms with Gasteiger partial charge in [-0.15, -0.1) is 6.58 Å². The first-order chi connectivity index (χ1) is 12.4. The number of sulfonamides is 1. The molecule has 0 fully saturated rings. The summed E-state index contributed by atoms with van der Waals surface area (Å²) in [5, 5.41) is 12.2. The van der Waals surface area contributed by atoms with E-state index in [9.17, 15) is 13.5 Å². The smallest absolute Gasteiger partial charge is 0.240 e. The fourth-order valence-electron chi connectivity index (χ4n) is 2.98. The van der Waals surface area contributed by atoms with Gasteiger partial charge in [0.2, 0.25) is 10.0 Å². The maximum absolute atomic E-state index is 12.5. The molecule has 0 bridgehead atoms. The number of aromatic hydroxyl groups is 1. The number of phenols is 1. The Morgan fingerprint density at radius 3 is 2.46 bits per heavy atom. The first-order valence-corrected chi connectivity index (χ1v) is 9.80. The third-order valence-corrected chi connectivity index (χ3v) is 5.87. The van der Waals surface area contributed by atoms with Crippen molar-refractivity contribution < 1.29 is 13.5 Å². The van der Waals surface area contributed by atoms with Crippen LogP contribution in [-0.2, 0) is 10.0 Å². The average Bonchev–Trinajstić information content (AvgIpc) is 2.64. The molecular weight excluding hydrogens is 346 g/mol. The summed E-state index contributed by atoms with van der Waals surface area (Å²) in [6.07, 6.45) is 1.65. The number of phenolic OH excluding ortho intramolecular Hbond substituents is 1. The highest BCUT2D eigenvalue weighted by molar-refractivity contribution is 7.89. The first-order valence-electron chi connectivity index (χ1n) is 8.32. The van der Waals surface area contributed by atoms with Gasteiger partial charge in [-0.25, -0.2) is 13.1 Å². The molecule has 0 unspecified atom stereocenters. The highest BCUT2D eigenvalue weighted by Crippen LogP contribution is 2.34. The van der Waals surface area contributed by atoms with Crippen molar-refractivity contribution in [2.24, 2.45) is 0 Å². The Bertz CT molecular complexity index is 1040. The summed E-state index contributed by atoms with van der Waals surface area (Å²) in [5.74, 6) is -0.232. The van der Waals surface area contributed by atoms with Crippen LogP contribution in [0.1, 0.15) is 17.0 Å². The van der Waals surface area contributed by atoms with Crippen LogP contribution in [0.15, 0.2) is 78.2 Å². The Morgan fingerprint density at radius 1 is 1.08 bits per heavy atom. The highest BCUT2D eigenvalue weighted by atomic mass is 32.2. The molecule has 0 saturated carbocycles. The summed E-state index contributed by atoms with van der Waals surface area (Å²) in [6, 6.07) is 17.8. The van der Waals surface area contributed by atoms with E-state index in [1.165, 1.54) is 0 Å². The topological polar surface area (TPSA) is 66.4 Å². The van der Waals surface area contributed by atoms with E-state index >= 15 is 0 Å². The second-order valence-electron chi connectivity index (χ2n) is 6.23. The zero-order chi connectivity index (χ0) is 18.7. The molecule has 0 aliphatic rings. The second kappa shape index (κ2) is 7.32. The van der Waals surface area contributed by atoms with Crippen molar-refractivity contribution in [2.75, 3.05) is 6.54 Å². The molecular formula is C21H21NO3S. The van der Waals surface area contributed by atoms with Gasteiger partial charge in [-0.05, 0) is 35.9 Å². The maximum Gasteiger partial charge on any atom is 0.240 e. The first kappa shape index (κ1) is 18.2. The average molecular weight is 367 g/mol. The number of nitrogens with one attached hydrogen (secondary N) is 1. The van der Waals surface area contributed by atoms with Gasteiger partial charge in [0.05, 0.1) is 4.90 Å². The van der Waals surface area contributed by atoms with E-state index < -0.39 is 10.0 Å². The van der Waals surface area contributed by atoms with Gasteiger partial charge < -0.3 is 5.11 Å². The number of hydrogen-bond acceptors (Lipinski definition) is 3. The van der Waals surface area contributed by atoms with E-state index in [2.05, 4.69) is 11.3 Å². The van der Waals surface area contributed by atoms with Crippen molar-refractivity contribution in [3.63, 3.8) is 0 Å². The monoisotopic (exact) mass is 367 g/mol. The Hall–Kier alpha value is -2.63. The predicted molar refractivity (Wildman–Crippen MR) is 105 cm³/mol. The van der Waals surface area contributed by atoms with Crippen molar-refractivity contribution in [3.8, 4) is 5.75 Å². The number of hydrogen-bond donors (Lipinski definition) is 2. The quantitative estimate of drug-likeness (QED) is 0.645. The summed E-state index contributed by atoms with van der Waals surface area (Å²) in [5.41, 5.74) is 1.67. The molecule has 4 nitrogen and oxygen atoms in total. The molecule has 134 valence electrons. The molecule has 0 radical (unpaired) electrons. The van der Waals surface area contributed by atoms with Crippen LogP contribution in [0.25, 0.3) is 10.8 Å². The zero-order valence-electron chi connectivity index (χ0n) is 14.5. The van der Waals surface area contributed by atoms with Crippen LogP contribution in [0.5, 0.6) is 5.75 Å². The third-order valence-electron chi connectivity index (χ3n) is 4.43. The second-order valence-corrected chi connectivity index (χ2v) is 7.99. The van der Waals surface area contributed by atoms with E-state index in [1.807, 2.05) is 37.3 Å². The molecule has 3 aromatic rings. The molecule has 0 aliphatic carbocycles. The van der Waals surface area contributed by atoms with Crippen molar-refractivity contribution >= 4 is 20.8 Å². The minimum Gasteiger partial charge on any atom is -0.508 e. The molecule has 0 spiro atoms. The van der Waals surface area contributed by atoms with Crippen LogP contribution in [0, 0.1) is 6.92 Å². The van der Waals surface area contributed by atoms with Crippen molar-refractivity contribution in [3.05, 3.63) is 84.4 Å². The van der Waals surface area contributed by atoms with Crippen LogP contribution in [-0.4, -0.2) is 20.1 Å². The van der Waals surface area contributed by atoms with Gasteiger partial charge in [-0.1, -0.05) is 54.1 Å². The molecule has 0 aliphatic heterocycles. The van der Waals surface area contributed by atoms with Crippen molar-refractivity contribution in [2.45, 2.75) is 17.7 Å². The lowest BCUT2D eigenvalue weighted by atomic mass is 9.92. The Balaban J connectivity index is 1.90. The van der Waals surface area contributed by atoms with Gasteiger partial charge >= 0.3 is 0 Å². The van der Waals surface area contributed by atoms with E-state index in [0.29, 0.717) is 5.56 Å². The van der Waals surface area contributed by atoms with Gasteiger partial charge in [0.15, 0.2) is 0 Å². The summed E-state index contributed by atoms with van der Waals surface area (Å²) >= 11 is 0. The normalized spacial score (nSPS) is 12.8. The van der Waals surface area contributed by atoms with Gasteiger partial charge in [-0.3, -0.25) is 0 Å². The van der Waals surface area contributed by atoms with Crippen LogP contribution in [0.2, 0.25) is 0 Å². The lowest BCUT2D eigenvalue weighted by Crippen LogP contribution is -2.28. The summed E-state index contributed by atoms with van der Waals surface area (Å²) in [6.45, 7) is 5.84. The summed E-state index contributed by atoms with van der Waals surface area (Å²) < 4.78 is 27.7. The molecule has 1 atom stereocenters. The van der Waals surface area contributed by atoms with Crippen LogP contribution >= 0.6 is 0 Å². The zero-order valence-corrected chi connectivity index (χ0v) is 15.3. The molecule has 3 aromatic carbocycles. The lowest BCUT2D eigenvalue weighted by Gasteiger charge is -2.18. The standard InChI is InChI=1S/C21H21NO3S/c1-3-16(14-22-26(24,25)18-11-8-15(2)9-12-18)21-19-7-5-4-6-17(19)10-13-20(21)23/h3-13,16,22-23H,1,14H2,2H3/t16-/m0/s1. The predicted octanol–water partition coefficient (Wildman–Crippen LogP) is 4.10. The highest BCUT2D eigenvalue weighted by Gasteiger charge is 2.20. The van der Waals surface area contributed by atoms with Gasteiger partial charge in [0.1, 0.15) is 5.75 Å². The van der Waals surface area contributed by atoms with Crippen molar-refractivity contribution in [1.82, 2.24) is 4.72 Å². The number of rotatable bonds is 6. The van der Waals surface area contributed by atoms with Gasteiger partial charge in [0, 0.05) is 18.0 Å². The molecule has 26 heavy (non-hydrogen) atoms. The molecule has 5 heteroatoms.